The van der Waals surface area contributed by atoms with Crippen molar-refractivity contribution < 1.29 is 0 Å². The average Bonchev–Trinajstić information content (AvgIpc) is 2.37. The summed E-state index contributed by atoms with van der Waals surface area (Å²) in [4.78, 5) is 5.34. The molecule has 2 aliphatic heterocycles. The van der Waals surface area contributed by atoms with E-state index in [9.17, 15) is 0 Å². The van der Waals surface area contributed by atoms with Crippen molar-refractivity contribution in [1.82, 2.24) is 9.80 Å². The van der Waals surface area contributed by atoms with Gasteiger partial charge in [-0.1, -0.05) is 6.42 Å². The molecule has 0 bridgehead atoms. The van der Waals surface area contributed by atoms with Gasteiger partial charge in [0.15, 0.2) is 0 Å². The molecule has 0 aromatic heterocycles. The molecule has 3 atom stereocenters. The van der Waals surface area contributed by atoms with Gasteiger partial charge in [0.05, 0.1) is 0 Å². The highest BCUT2D eigenvalue weighted by atomic mass is 32.2. The molecule has 0 saturated carbocycles. The minimum absolute atomic E-state index is 0.357. The molecule has 2 unspecified atom stereocenters. The number of hydrogen-bond acceptors (Lipinski definition) is 4. The summed E-state index contributed by atoms with van der Waals surface area (Å²) in [5.74, 6) is 1.19. The molecule has 2 heterocycles. The van der Waals surface area contributed by atoms with Crippen LogP contribution in [0.5, 0.6) is 0 Å². The second-order valence-electron chi connectivity index (χ2n) is 5.99. The van der Waals surface area contributed by atoms with Crippen LogP contribution in [-0.2, 0) is 0 Å². The van der Waals surface area contributed by atoms with Crippen LogP contribution >= 0.6 is 11.8 Å². The van der Waals surface area contributed by atoms with Crippen LogP contribution in [0.4, 0.5) is 0 Å². The number of hydrogen-bond donors (Lipinski definition) is 1. The van der Waals surface area contributed by atoms with Crippen LogP contribution in [0.15, 0.2) is 0 Å². The predicted molar refractivity (Wildman–Crippen MR) is 81.2 cm³/mol. The molecular weight excluding hydrogens is 242 g/mol. The predicted octanol–water partition coefficient (Wildman–Crippen LogP) is 1.63. The van der Waals surface area contributed by atoms with E-state index in [-0.39, 0.29) is 0 Å². The summed E-state index contributed by atoms with van der Waals surface area (Å²) < 4.78 is 0. The van der Waals surface area contributed by atoms with Crippen molar-refractivity contribution in [2.24, 2.45) is 5.73 Å². The van der Waals surface area contributed by atoms with Crippen LogP contribution in [0.25, 0.3) is 0 Å². The van der Waals surface area contributed by atoms with Gasteiger partial charge in [0.1, 0.15) is 0 Å². The molecule has 2 aliphatic rings. The Hall–Kier alpha value is 0.230. The fraction of sp³-hybridized carbons (Fsp3) is 1.00. The van der Waals surface area contributed by atoms with E-state index in [0.29, 0.717) is 12.1 Å². The van der Waals surface area contributed by atoms with E-state index in [1.54, 1.807) is 0 Å². The summed E-state index contributed by atoms with van der Waals surface area (Å²) in [5, 5.41) is 0. The topological polar surface area (TPSA) is 32.5 Å². The van der Waals surface area contributed by atoms with Crippen molar-refractivity contribution in [1.29, 1.82) is 0 Å². The molecule has 0 aliphatic carbocycles. The second-order valence-corrected chi connectivity index (χ2v) is 6.97. The van der Waals surface area contributed by atoms with Gasteiger partial charge in [0.2, 0.25) is 0 Å². The first-order chi connectivity index (χ1) is 8.70. The maximum absolute atomic E-state index is 6.25. The highest BCUT2D eigenvalue weighted by Gasteiger charge is 2.33. The number of nitrogens with two attached hydrogens (primary N) is 1. The van der Waals surface area contributed by atoms with E-state index in [1.165, 1.54) is 44.6 Å². The lowest BCUT2D eigenvalue weighted by Gasteiger charge is -2.48. The molecular formula is C14H29N3S. The molecule has 0 radical (unpaired) electrons. The third-order valence-electron chi connectivity index (χ3n) is 4.48. The zero-order valence-electron chi connectivity index (χ0n) is 12.0. The van der Waals surface area contributed by atoms with Crippen molar-refractivity contribution in [2.45, 2.75) is 50.7 Å². The maximum atomic E-state index is 6.25. The molecule has 106 valence electrons. The van der Waals surface area contributed by atoms with Crippen LogP contribution < -0.4 is 5.73 Å². The number of piperazine rings is 1. The van der Waals surface area contributed by atoms with Crippen LogP contribution in [0.3, 0.4) is 0 Å². The number of fused-ring (bicyclic) bond motifs is 1. The van der Waals surface area contributed by atoms with Gasteiger partial charge in [-0.2, -0.15) is 11.8 Å². The summed E-state index contributed by atoms with van der Waals surface area (Å²) >= 11 is 1.90. The van der Waals surface area contributed by atoms with Crippen molar-refractivity contribution in [3.63, 3.8) is 0 Å². The van der Waals surface area contributed by atoms with Gasteiger partial charge in [-0.3, -0.25) is 9.80 Å². The summed E-state index contributed by atoms with van der Waals surface area (Å²) in [6.07, 6.45) is 7.52. The minimum atomic E-state index is 0.357. The molecule has 0 amide bonds. The van der Waals surface area contributed by atoms with Crippen molar-refractivity contribution in [3.05, 3.63) is 0 Å². The SMILES string of the molecule is CSCC[C@H](N)CN1CC2CCCCN2CC1C. The molecule has 0 aromatic rings. The van der Waals surface area contributed by atoms with E-state index in [0.717, 1.165) is 19.0 Å². The number of nitrogens with zero attached hydrogens (tertiary/aromatic N) is 2. The largest absolute Gasteiger partial charge is 0.327 e. The van der Waals surface area contributed by atoms with Crippen molar-refractivity contribution in [3.8, 4) is 0 Å². The molecule has 2 N–H and O–H groups in total. The van der Waals surface area contributed by atoms with Gasteiger partial charge >= 0.3 is 0 Å². The quantitative estimate of drug-likeness (QED) is 0.824. The number of piperidine rings is 1. The van der Waals surface area contributed by atoms with Gasteiger partial charge in [-0.25, -0.2) is 0 Å². The summed E-state index contributed by atoms with van der Waals surface area (Å²) in [6.45, 7) is 7.27. The molecule has 0 spiro atoms. The molecule has 2 fully saturated rings. The zero-order chi connectivity index (χ0) is 13.0. The van der Waals surface area contributed by atoms with Gasteiger partial charge in [0.25, 0.3) is 0 Å². The maximum Gasteiger partial charge on any atom is 0.0223 e. The molecule has 18 heavy (non-hydrogen) atoms. The van der Waals surface area contributed by atoms with Crippen molar-refractivity contribution >= 4 is 11.8 Å². The highest BCUT2D eigenvalue weighted by molar-refractivity contribution is 7.98. The van der Waals surface area contributed by atoms with Crippen LogP contribution in [-0.4, -0.2) is 66.1 Å². The number of rotatable bonds is 5. The Kier molecular flexibility index (Phi) is 5.80. The highest BCUT2D eigenvalue weighted by Crippen LogP contribution is 2.24. The lowest BCUT2D eigenvalue weighted by molar-refractivity contribution is 0.0126. The molecule has 2 rings (SSSR count). The van der Waals surface area contributed by atoms with Crippen molar-refractivity contribution in [2.75, 3.05) is 38.2 Å². The third kappa shape index (κ3) is 3.86. The van der Waals surface area contributed by atoms with E-state index < -0.39 is 0 Å². The van der Waals surface area contributed by atoms with Crippen LogP contribution in [0.2, 0.25) is 0 Å². The van der Waals surface area contributed by atoms with E-state index in [2.05, 4.69) is 23.0 Å². The Labute approximate surface area is 116 Å². The Morgan fingerprint density at radius 2 is 2.17 bits per heavy atom. The molecule has 0 aromatic carbocycles. The zero-order valence-corrected chi connectivity index (χ0v) is 12.8. The Morgan fingerprint density at radius 3 is 2.94 bits per heavy atom. The fourth-order valence-corrected chi connectivity index (χ4v) is 3.87. The first kappa shape index (κ1) is 14.6. The van der Waals surface area contributed by atoms with Gasteiger partial charge in [-0.15, -0.1) is 0 Å². The van der Waals surface area contributed by atoms with Gasteiger partial charge in [-0.05, 0) is 44.7 Å². The Balaban J connectivity index is 1.81. The molecule has 3 nitrogen and oxygen atoms in total. The van der Waals surface area contributed by atoms with Gasteiger partial charge in [0, 0.05) is 37.8 Å². The normalized spacial score (nSPS) is 32.2. The molecule has 2 saturated heterocycles. The smallest absolute Gasteiger partial charge is 0.0223 e. The summed E-state index contributed by atoms with van der Waals surface area (Å²) in [6, 6.07) is 1.84. The Morgan fingerprint density at radius 1 is 1.33 bits per heavy atom. The van der Waals surface area contributed by atoms with Crippen LogP contribution in [0, 0.1) is 0 Å². The first-order valence-electron chi connectivity index (χ1n) is 7.43. The van der Waals surface area contributed by atoms with Crippen LogP contribution in [0.1, 0.15) is 32.6 Å². The summed E-state index contributed by atoms with van der Waals surface area (Å²) in [5.41, 5.74) is 6.25. The lowest BCUT2D eigenvalue weighted by Crippen LogP contribution is -2.60. The minimum Gasteiger partial charge on any atom is -0.327 e. The summed E-state index contributed by atoms with van der Waals surface area (Å²) in [7, 11) is 0. The monoisotopic (exact) mass is 271 g/mol. The fourth-order valence-electron chi connectivity index (χ4n) is 3.33. The van der Waals surface area contributed by atoms with E-state index in [4.69, 9.17) is 5.73 Å². The van der Waals surface area contributed by atoms with Gasteiger partial charge < -0.3 is 5.73 Å². The third-order valence-corrected chi connectivity index (χ3v) is 5.12. The number of thioether (sulfide) groups is 1. The van der Waals surface area contributed by atoms with E-state index in [1.807, 2.05) is 11.8 Å². The molecule has 4 heteroatoms. The Bertz CT molecular complexity index is 249. The average molecular weight is 271 g/mol. The lowest BCUT2D eigenvalue weighted by atomic mass is 9.96. The second kappa shape index (κ2) is 7.13. The standard InChI is InChI=1S/C14H29N3S/c1-12-9-16-7-4-3-5-14(16)11-17(12)10-13(15)6-8-18-2/h12-14H,3-11,15H2,1-2H3/t12?,13-,14?/m0/s1. The first-order valence-corrected chi connectivity index (χ1v) is 8.82. The van der Waals surface area contributed by atoms with E-state index >= 15 is 0 Å².